The zero-order chi connectivity index (χ0) is 12.5. The smallest absolute Gasteiger partial charge is 0.194 e. The van der Waals surface area contributed by atoms with Gasteiger partial charge < -0.3 is 0 Å². The lowest BCUT2D eigenvalue weighted by Gasteiger charge is -1.99. The van der Waals surface area contributed by atoms with Crippen molar-refractivity contribution in [3.05, 3.63) is 52.8 Å². The summed E-state index contributed by atoms with van der Waals surface area (Å²) in [7, 11) is 0. The van der Waals surface area contributed by atoms with Gasteiger partial charge in [0.2, 0.25) is 0 Å². The second-order valence-electron chi connectivity index (χ2n) is 4.36. The number of benzene rings is 1. The normalized spacial score (nSPS) is 11.2. The van der Waals surface area contributed by atoms with Crippen LogP contribution in [0.1, 0.15) is 17.0 Å². The minimum atomic E-state index is 0.927. The summed E-state index contributed by atoms with van der Waals surface area (Å²) in [6.45, 7) is 4.22. The van der Waals surface area contributed by atoms with Crippen LogP contribution in [0.5, 0.6) is 0 Å². The van der Waals surface area contributed by atoms with E-state index < -0.39 is 0 Å². The zero-order valence-corrected chi connectivity index (χ0v) is 12.0. The molecule has 2 aromatic heterocycles. The van der Waals surface area contributed by atoms with Crippen molar-refractivity contribution < 1.29 is 0 Å². The van der Waals surface area contributed by atoms with Crippen molar-refractivity contribution in [2.75, 3.05) is 0 Å². The van der Waals surface area contributed by atoms with Gasteiger partial charge in [-0.15, -0.1) is 23.1 Å². The van der Waals surface area contributed by atoms with Crippen LogP contribution < -0.4 is 0 Å². The van der Waals surface area contributed by atoms with E-state index in [1.165, 1.54) is 16.2 Å². The van der Waals surface area contributed by atoms with Crippen molar-refractivity contribution in [3.8, 4) is 0 Å². The van der Waals surface area contributed by atoms with Crippen LogP contribution >= 0.6 is 23.1 Å². The Balaban J connectivity index is 1.74. The third-order valence-corrected chi connectivity index (χ3v) is 4.85. The molecule has 92 valence electrons. The van der Waals surface area contributed by atoms with Crippen molar-refractivity contribution in [1.29, 1.82) is 0 Å². The van der Waals surface area contributed by atoms with Gasteiger partial charge in [0.05, 0.1) is 5.69 Å². The minimum Gasteiger partial charge on any atom is -0.295 e. The molecular formula is C14H14N2S2. The molecule has 0 aliphatic heterocycles. The standard InChI is InChI=1S/C14H14N2S2/c1-10-3-5-13(6-4-10)17-9-12-7-16-11(2)8-18-14(16)15-12/h3-8H,9H2,1-2H3. The Morgan fingerprint density at radius 2 is 2.00 bits per heavy atom. The number of hydrogen-bond donors (Lipinski definition) is 0. The molecule has 3 aromatic rings. The van der Waals surface area contributed by atoms with Crippen molar-refractivity contribution >= 4 is 28.1 Å². The second kappa shape index (κ2) is 4.78. The van der Waals surface area contributed by atoms with Crippen LogP contribution in [-0.4, -0.2) is 9.38 Å². The van der Waals surface area contributed by atoms with Crippen molar-refractivity contribution in [2.24, 2.45) is 0 Å². The van der Waals surface area contributed by atoms with Crippen LogP contribution in [0.4, 0.5) is 0 Å². The molecule has 2 heterocycles. The summed E-state index contributed by atoms with van der Waals surface area (Å²) >= 11 is 3.54. The molecule has 0 aliphatic carbocycles. The Kier molecular flexibility index (Phi) is 3.14. The van der Waals surface area contributed by atoms with Crippen molar-refractivity contribution in [1.82, 2.24) is 9.38 Å². The van der Waals surface area contributed by atoms with E-state index in [2.05, 4.69) is 59.1 Å². The van der Waals surface area contributed by atoms with E-state index in [1.807, 2.05) is 11.8 Å². The highest BCUT2D eigenvalue weighted by atomic mass is 32.2. The third-order valence-electron chi connectivity index (χ3n) is 2.85. The van der Waals surface area contributed by atoms with Gasteiger partial charge in [-0.3, -0.25) is 4.40 Å². The largest absolute Gasteiger partial charge is 0.295 e. The van der Waals surface area contributed by atoms with E-state index in [0.29, 0.717) is 0 Å². The van der Waals surface area contributed by atoms with Gasteiger partial charge >= 0.3 is 0 Å². The van der Waals surface area contributed by atoms with Gasteiger partial charge in [-0.2, -0.15) is 0 Å². The summed E-state index contributed by atoms with van der Waals surface area (Å²) in [6.07, 6.45) is 2.14. The molecule has 4 heteroatoms. The van der Waals surface area contributed by atoms with Crippen LogP contribution in [0.25, 0.3) is 4.96 Å². The SMILES string of the molecule is Cc1ccc(SCc2cn3c(C)csc3n2)cc1. The molecule has 0 spiro atoms. The third kappa shape index (κ3) is 2.31. The fourth-order valence-electron chi connectivity index (χ4n) is 1.80. The highest BCUT2D eigenvalue weighted by Gasteiger charge is 2.05. The van der Waals surface area contributed by atoms with Crippen LogP contribution in [0, 0.1) is 13.8 Å². The zero-order valence-electron chi connectivity index (χ0n) is 10.4. The molecule has 0 bridgehead atoms. The number of rotatable bonds is 3. The van der Waals surface area contributed by atoms with E-state index in [1.54, 1.807) is 11.3 Å². The molecule has 0 amide bonds. The van der Waals surface area contributed by atoms with Gasteiger partial charge in [0.15, 0.2) is 4.96 Å². The van der Waals surface area contributed by atoms with Gasteiger partial charge in [0.1, 0.15) is 0 Å². The number of thioether (sulfide) groups is 1. The van der Waals surface area contributed by atoms with E-state index in [9.17, 15) is 0 Å². The van der Waals surface area contributed by atoms with Gasteiger partial charge in [-0.05, 0) is 26.0 Å². The van der Waals surface area contributed by atoms with Crippen LogP contribution in [0.3, 0.4) is 0 Å². The first-order valence-electron chi connectivity index (χ1n) is 5.84. The molecule has 0 fully saturated rings. The molecule has 0 unspecified atom stereocenters. The first-order valence-corrected chi connectivity index (χ1v) is 7.70. The fourth-order valence-corrected chi connectivity index (χ4v) is 3.45. The monoisotopic (exact) mass is 274 g/mol. The highest BCUT2D eigenvalue weighted by molar-refractivity contribution is 7.98. The molecule has 0 aliphatic rings. The lowest BCUT2D eigenvalue weighted by molar-refractivity contribution is 1.13. The maximum atomic E-state index is 4.63. The summed E-state index contributed by atoms with van der Waals surface area (Å²) in [5.74, 6) is 0.927. The summed E-state index contributed by atoms with van der Waals surface area (Å²) in [5.41, 5.74) is 3.71. The summed E-state index contributed by atoms with van der Waals surface area (Å²) in [4.78, 5) is 7.02. The van der Waals surface area contributed by atoms with Crippen molar-refractivity contribution in [2.45, 2.75) is 24.5 Å². The first-order chi connectivity index (χ1) is 8.72. The Labute approximate surface area is 115 Å². The maximum Gasteiger partial charge on any atom is 0.194 e. The Morgan fingerprint density at radius 3 is 2.72 bits per heavy atom. The molecule has 0 N–H and O–H groups in total. The quantitative estimate of drug-likeness (QED) is 0.662. The molecule has 0 radical (unpaired) electrons. The van der Waals surface area contributed by atoms with E-state index in [0.717, 1.165) is 16.4 Å². The lowest BCUT2D eigenvalue weighted by Crippen LogP contribution is -1.81. The second-order valence-corrected chi connectivity index (χ2v) is 6.25. The van der Waals surface area contributed by atoms with Gasteiger partial charge in [0, 0.05) is 27.9 Å². The van der Waals surface area contributed by atoms with Crippen LogP contribution in [-0.2, 0) is 5.75 Å². The number of aromatic nitrogens is 2. The molecule has 0 saturated heterocycles. The molecular weight excluding hydrogens is 260 g/mol. The predicted molar refractivity (Wildman–Crippen MR) is 78.5 cm³/mol. The number of imidazole rings is 1. The molecule has 3 rings (SSSR count). The van der Waals surface area contributed by atoms with Crippen LogP contribution in [0.2, 0.25) is 0 Å². The average molecular weight is 274 g/mol. The summed E-state index contributed by atoms with van der Waals surface area (Å²) < 4.78 is 2.16. The Bertz CT molecular complexity index is 665. The number of hydrogen-bond acceptors (Lipinski definition) is 3. The number of nitrogens with zero attached hydrogens (tertiary/aromatic N) is 2. The fraction of sp³-hybridized carbons (Fsp3) is 0.214. The number of fused-ring (bicyclic) bond motifs is 1. The Morgan fingerprint density at radius 1 is 1.22 bits per heavy atom. The van der Waals surface area contributed by atoms with Gasteiger partial charge in [-0.1, -0.05) is 17.7 Å². The summed E-state index contributed by atoms with van der Waals surface area (Å²) in [6, 6.07) is 8.64. The molecule has 1 aromatic carbocycles. The molecule has 2 nitrogen and oxygen atoms in total. The van der Waals surface area contributed by atoms with Crippen molar-refractivity contribution in [3.63, 3.8) is 0 Å². The molecule has 18 heavy (non-hydrogen) atoms. The highest BCUT2D eigenvalue weighted by Crippen LogP contribution is 2.24. The van der Waals surface area contributed by atoms with E-state index >= 15 is 0 Å². The topological polar surface area (TPSA) is 17.3 Å². The number of aryl methyl sites for hydroxylation is 2. The van der Waals surface area contributed by atoms with Gasteiger partial charge in [-0.25, -0.2) is 4.98 Å². The molecule has 0 atom stereocenters. The summed E-state index contributed by atoms with van der Waals surface area (Å²) in [5, 5.41) is 2.14. The molecule has 0 saturated carbocycles. The first kappa shape index (κ1) is 11.8. The van der Waals surface area contributed by atoms with E-state index in [4.69, 9.17) is 0 Å². The van der Waals surface area contributed by atoms with Gasteiger partial charge in [0.25, 0.3) is 0 Å². The lowest BCUT2D eigenvalue weighted by atomic mass is 10.2. The Hall–Kier alpha value is -1.26. The minimum absolute atomic E-state index is 0.927. The van der Waals surface area contributed by atoms with Crippen LogP contribution in [0.15, 0.2) is 40.7 Å². The van der Waals surface area contributed by atoms with E-state index in [-0.39, 0.29) is 0 Å². The number of thiazole rings is 1. The predicted octanol–water partition coefficient (Wildman–Crippen LogP) is 4.30. The maximum absolute atomic E-state index is 4.63. The average Bonchev–Trinajstić information content (AvgIpc) is 2.91.